The molecule has 2 amide bonds. The summed E-state index contributed by atoms with van der Waals surface area (Å²) in [7, 11) is 2.99. The van der Waals surface area contributed by atoms with Crippen molar-refractivity contribution in [3.05, 3.63) is 53.6 Å². The van der Waals surface area contributed by atoms with E-state index in [9.17, 15) is 18.4 Å². The number of carbonyl (C=O) groups excluding carboxylic acids is 2. The number of hydrogen-bond acceptors (Lipinski definition) is 5. The van der Waals surface area contributed by atoms with Crippen molar-refractivity contribution in [1.29, 1.82) is 0 Å². The van der Waals surface area contributed by atoms with Gasteiger partial charge in [-0.15, -0.1) is 0 Å². The van der Waals surface area contributed by atoms with Crippen molar-refractivity contribution in [2.45, 2.75) is 6.10 Å². The molecule has 0 unspecified atom stereocenters. The lowest BCUT2D eigenvalue weighted by molar-refractivity contribution is 0.0915. The van der Waals surface area contributed by atoms with Gasteiger partial charge in [-0.05, 0) is 30.3 Å². The molecule has 1 atom stereocenters. The lowest BCUT2D eigenvalue weighted by atomic mass is 10.2. The van der Waals surface area contributed by atoms with Crippen molar-refractivity contribution in [3.8, 4) is 11.5 Å². The van der Waals surface area contributed by atoms with Gasteiger partial charge in [-0.1, -0.05) is 0 Å². The Morgan fingerprint density at radius 3 is 2.57 bits per heavy atom. The molecular formula is C19H18F2N2O5. The largest absolute Gasteiger partial charge is 0.493 e. The number of hydrogen-bond donors (Lipinski definition) is 1. The molecule has 1 saturated heterocycles. The second-order valence-corrected chi connectivity index (χ2v) is 5.99. The second-order valence-electron chi connectivity index (χ2n) is 5.99. The van der Waals surface area contributed by atoms with Gasteiger partial charge in [-0.25, -0.2) is 13.6 Å². The number of halogens is 2. The molecule has 7 nitrogen and oxygen atoms in total. The van der Waals surface area contributed by atoms with Crippen molar-refractivity contribution in [1.82, 2.24) is 5.32 Å². The lowest BCUT2D eigenvalue weighted by Gasteiger charge is -2.15. The minimum atomic E-state index is -1.11. The van der Waals surface area contributed by atoms with Crippen LogP contribution in [0.1, 0.15) is 10.4 Å². The molecule has 1 aliphatic heterocycles. The van der Waals surface area contributed by atoms with Gasteiger partial charge >= 0.3 is 6.09 Å². The smallest absolute Gasteiger partial charge is 0.414 e. The highest BCUT2D eigenvalue weighted by molar-refractivity contribution is 5.94. The highest BCUT2D eigenvalue weighted by atomic mass is 19.2. The molecule has 1 N–H and O–H groups in total. The van der Waals surface area contributed by atoms with Crippen LogP contribution in [0, 0.1) is 11.6 Å². The monoisotopic (exact) mass is 392 g/mol. The molecule has 2 aromatic carbocycles. The van der Waals surface area contributed by atoms with Gasteiger partial charge in [0.2, 0.25) is 0 Å². The van der Waals surface area contributed by atoms with E-state index in [1.165, 1.54) is 25.2 Å². The fourth-order valence-electron chi connectivity index (χ4n) is 2.78. The summed E-state index contributed by atoms with van der Waals surface area (Å²) in [6.45, 7) is 0.222. The summed E-state index contributed by atoms with van der Waals surface area (Å²) in [6, 6.07) is 7.84. The number of cyclic esters (lactones) is 1. The van der Waals surface area contributed by atoms with E-state index < -0.39 is 29.7 Å². The predicted octanol–water partition coefficient (Wildman–Crippen LogP) is 2.74. The molecule has 2 aromatic rings. The van der Waals surface area contributed by atoms with Crippen molar-refractivity contribution in [3.63, 3.8) is 0 Å². The van der Waals surface area contributed by atoms with Crippen molar-refractivity contribution in [2.75, 3.05) is 32.2 Å². The third-order valence-electron chi connectivity index (χ3n) is 4.22. The fraction of sp³-hybridized carbons (Fsp3) is 0.263. The van der Waals surface area contributed by atoms with Crippen LogP contribution in [0.3, 0.4) is 0 Å². The summed E-state index contributed by atoms with van der Waals surface area (Å²) in [5.41, 5.74) is 0.525. The Balaban J connectivity index is 1.63. The fourth-order valence-corrected chi connectivity index (χ4v) is 2.78. The molecule has 3 rings (SSSR count). The number of amides is 2. The van der Waals surface area contributed by atoms with E-state index in [-0.39, 0.29) is 18.7 Å². The molecule has 0 bridgehead atoms. The van der Waals surface area contributed by atoms with Crippen molar-refractivity contribution >= 4 is 17.7 Å². The molecule has 0 spiro atoms. The van der Waals surface area contributed by atoms with Crippen molar-refractivity contribution in [2.24, 2.45) is 0 Å². The Hall–Kier alpha value is -3.36. The first-order valence-electron chi connectivity index (χ1n) is 8.36. The van der Waals surface area contributed by atoms with Crippen LogP contribution in [-0.2, 0) is 4.74 Å². The standard InChI is InChI=1S/C19H18F2N2O5/c1-26-16-6-4-12(8-17(16)27-2)23-10-13(28-19(23)25)9-22-18(24)11-3-5-14(20)15(21)7-11/h3-8,13H,9-10H2,1-2H3,(H,22,24)/t13-/m0/s1. The molecule has 9 heteroatoms. The molecular weight excluding hydrogens is 374 g/mol. The second kappa shape index (κ2) is 8.12. The van der Waals surface area contributed by atoms with Crippen molar-refractivity contribution < 1.29 is 32.6 Å². The first-order chi connectivity index (χ1) is 13.4. The van der Waals surface area contributed by atoms with Gasteiger partial charge < -0.3 is 19.5 Å². The lowest BCUT2D eigenvalue weighted by Crippen LogP contribution is -2.34. The van der Waals surface area contributed by atoms with Crippen LogP contribution in [0.2, 0.25) is 0 Å². The Bertz CT molecular complexity index is 906. The van der Waals surface area contributed by atoms with Gasteiger partial charge in [-0.2, -0.15) is 0 Å². The number of benzene rings is 2. The Labute approximate surface area is 159 Å². The van der Waals surface area contributed by atoms with Crippen LogP contribution in [0.5, 0.6) is 11.5 Å². The maximum absolute atomic E-state index is 13.2. The highest BCUT2D eigenvalue weighted by Gasteiger charge is 2.33. The normalized spacial score (nSPS) is 15.9. The number of methoxy groups -OCH3 is 2. The average molecular weight is 392 g/mol. The number of carbonyl (C=O) groups is 2. The summed E-state index contributed by atoms with van der Waals surface area (Å²) in [6.07, 6.45) is -1.17. The van der Waals surface area contributed by atoms with E-state index in [0.717, 1.165) is 12.1 Å². The molecule has 0 saturated carbocycles. The zero-order valence-corrected chi connectivity index (χ0v) is 15.2. The van der Waals surface area contributed by atoms with Gasteiger partial charge in [0.25, 0.3) is 5.91 Å². The number of nitrogens with zero attached hydrogens (tertiary/aromatic N) is 1. The molecule has 1 aliphatic rings. The molecule has 0 radical (unpaired) electrons. The topological polar surface area (TPSA) is 77.1 Å². The molecule has 0 aliphatic carbocycles. The summed E-state index contributed by atoms with van der Waals surface area (Å²) < 4.78 is 41.8. The zero-order valence-electron chi connectivity index (χ0n) is 15.2. The molecule has 148 valence electrons. The van der Waals surface area contributed by atoms with E-state index in [0.29, 0.717) is 17.2 Å². The molecule has 0 aromatic heterocycles. The van der Waals surface area contributed by atoms with Crippen LogP contribution in [0.25, 0.3) is 0 Å². The van der Waals surface area contributed by atoms with E-state index in [4.69, 9.17) is 14.2 Å². The van der Waals surface area contributed by atoms with Crippen LogP contribution in [-0.4, -0.2) is 45.4 Å². The maximum atomic E-state index is 13.2. The van der Waals surface area contributed by atoms with E-state index in [1.807, 2.05) is 0 Å². The van der Waals surface area contributed by atoms with Crippen LogP contribution in [0.15, 0.2) is 36.4 Å². The van der Waals surface area contributed by atoms with E-state index in [2.05, 4.69) is 5.32 Å². The first-order valence-corrected chi connectivity index (χ1v) is 8.36. The zero-order chi connectivity index (χ0) is 20.3. The third kappa shape index (κ3) is 3.98. The number of nitrogens with one attached hydrogen (secondary N) is 1. The van der Waals surface area contributed by atoms with Gasteiger partial charge in [-0.3, -0.25) is 9.69 Å². The Morgan fingerprint density at radius 2 is 1.89 bits per heavy atom. The van der Waals surface area contributed by atoms with Crippen LogP contribution < -0.4 is 19.7 Å². The minimum Gasteiger partial charge on any atom is -0.493 e. The van der Waals surface area contributed by atoms with E-state index in [1.54, 1.807) is 18.2 Å². The molecule has 28 heavy (non-hydrogen) atoms. The molecule has 1 fully saturated rings. The first kappa shape index (κ1) is 19.4. The number of anilines is 1. The minimum absolute atomic E-state index is 0.0212. The van der Waals surface area contributed by atoms with Gasteiger partial charge in [0.05, 0.1) is 33.0 Å². The average Bonchev–Trinajstić information content (AvgIpc) is 3.08. The summed E-state index contributed by atoms with van der Waals surface area (Å²) in [5, 5.41) is 2.54. The summed E-state index contributed by atoms with van der Waals surface area (Å²) in [5.74, 6) is -1.76. The Kier molecular flexibility index (Phi) is 5.62. The van der Waals surface area contributed by atoms with Crippen LogP contribution in [0.4, 0.5) is 19.3 Å². The van der Waals surface area contributed by atoms with Gasteiger partial charge in [0, 0.05) is 11.6 Å². The highest BCUT2D eigenvalue weighted by Crippen LogP contribution is 2.33. The SMILES string of the molecule is COc1ccc(N2C[C@H](CNC(=O)c3ccc(F)c(F)c3)OC2=O)cc1OC. The third-order valence-corrected chi connectivity index (χ3v) is 4.22. The predicted molar refractivity (Wildman–Crippen MR) is 95.9 cm³/mol. The van der Waals surface area contributed by atoms with Gasteiger partial charge in [0.15, 0.2) is 23.1 Å². The number of rotatable bonds is 6. The summed E-state index contributed by atoms with van der Waals surface area (Å²) in [4.78, 5) is 25.6. The quantitative estimate of drug-likeness (QED) is 0.818. The molecule has 1 heterocycles. The maximum Gasteiger partial charge on any atom is 0.414 e. The Morgan fingerprint density at radius 1 is 1.14 bits per heavy atom. The van der Waals surface area contributed by atoms with Gasteiger partial charge in [0.1, 0.15) is 6.10 Å². The summed E-state index contributed by atoms with van der Waals surface area (Å²) >= 11 is 0. The van der Waals surface area contributed by atoms with Crippen LogP contribution >= 0.6 is 0 Å². The van der Waals surface area contributed by atoms with E-state index >= 15 is 0 Å². The number of ether oxygens (including phenoxy) is 3.